The Hall–Kier alpha value is -1.76. The van der Waals surface area contributed by atoms with Gasteiger partial charge in [-0.1, -0.05) is 25.0 Å². The van der Waals surface area contributed by atoms with Crippen LogP contribution in [0.4, 0.5) is 0 Å². The summed E-state index contributed by atoms with van der Waals surface area (Å²) in [5.74, 6) is -0.200. The number of hydrogen-bond acceptors (Lipinski definition) is 5. The molecule has 134 valence electrons. The van der Waals surface area contributed by atoms with Crippen molar-refractivity contribution in [3.05, 3.63) is 35.3 Å². The van der Waals surface area contributed by atoms with E-state index in [4.69, 9.17) is 0 Å². The summed E-state index contributed by atoms with van der Waals surface area (Å²) in [6.07, 6.45) is 7.63. The molecule has 25 heavy (non-hydrogen) atoms. The molecule has 1 atom stereocenters. The first-order valence-electron chi connectivity index (χ1n) is 8.92. The summed E-state index contributed by atoms with van der Waals surface area (Å²) in [7, 11) is 0. The van der Waals surface area contributed by atoms with Gasteiger partial charge in [-0.05, 0) is 44.1 Å². The van der Waals surface area contributed by atoms with Gasteiger partial charge in [0.25, 0.3) is 0 Å². The number of carbonyl (C=O) groups excluding carboxylic acids is 1. The molecule has 1 aromatic carbocycles. The second-order valence-corrected chi connectivity index (χ2v) is 7.53. The maximum atomic E-state index is 11.9. The fourth-order valence-corrected chi connectivity index (χ4v) is 3.94. The van der Waals surface area contributed by atoms with Gasteiger partial charge in [0.1, 0.15) is 5.01 Å². The van der Waals surface area contributed by atoms with E-state index in [9.17, 15) is 9.90 Å². The number of thiazole rings is 1. The second-order valence-electron chi connectivity index (χ2n) is 6.47. The summed E-state index contributed by atoms with van der Waals surface area (Å²) in [4.78, 5) is 18.7. The van der Waals surface area contributed by atoms with E-state index in [1.165, 1.54) is 31.8 Å². The first-order chi connectivity index (χ1) is 12.2. The monoisotopic (exact) mass is 359 g/mol. The van der Waals surface area contributed by atoms with Crippen molar-refractivity contribution in [2.24, 2.45) is 0 Å². The number of hydrogen-bond donors (Lipinski definition) is 2. The Balaban J connectivity index is 1.43. The number of para-hydroxylation sites is 1. The van der Waals surface area contributed by atoms with E-state index in [1.54, 1.807) is 17.4 Å². The summed E-state index contributed by atoms with van der Waals surface area (Å²) in [5, 5.41) is 13.7. The summed E-state index contributed by atoms with van der Waals surface area (Å²) < 4.78 is 1.11. The van der Waals surface area contributed by atoms with Gasteiger partial charge in [0.05, 0.1) is 16.3 Å². The van der Waals surface area contributed by atoms with E-state index in [2.05, 4.69) is 15.2 Å². The molecule has 1 fully saturated rings. The Morgan fingerprint density at radius 3 is 2.80 bits per heavy atom. The number of β-amino-alcohol motifs (C(OH)–C–C–N with tert-alkyl or cyclic N) is 1. The average Bonchev–Trinajstić information content (AvgIpc) is 2.86. The number of amides is 1. The van der Waals surface area contributed by atoms with E-state index >= 15 is 0 Å². The lowest BCUT2D eigenvalue weighted by Crippen LogP contribution is -2.40. The van der Waals surface area contributed by atoms with Crippen LogP contribution in [-0.4, -0.2) is 53.2 Å². The van der Waals surface area contributed by atoms with Crippen LogP contribution in [0.3, 0.4) is 0 Å². The van der Waals surface area contributed by atoms with Gasteiger partial charge in [0.15, 0.2) is 0 Å². The van der Waals surface area contributed by atoms with Gasteiger partial charge in [-0.25, -0.2) is 4.98 Å². The molecule has 1 aliphatic heterocycles. The van der Waals surface area contributed by atoms with Gasteiger partial charge < -0.3 is 15.3 Å². The highest BCUT2D eigenvalue weighted by Gasteiger charge is 2.14. The fourth-order valence-electron chi connectivity index (χ4n) is 3.07. The van der Waals surface area contributed by atoms with E-state index in [0.29, 0.717) is 6.54 Å². The third kappa shape index (κ3) is 5.63. The first kappa shape index (κ1) is 18.0. The fraction of sp³-hybridized carbons (Fsp3) is 0.474. The highest BCUT2D eigenvalue weighted by atomic mass is 32.1. The standard InChI is InChI=1S/C19H25N3O2S/c23-15(14-22-11-5-1-2-6-12-22)13-20-18(24)9-10-19-21-16-7-3-4-8-17(16)25-19/h3-4,7-10,15,23H,1-2,5-6,11-14H2,(H,20,24)/b10-9+. The van der Waals surface area contributed by atoms with Crippen LogP contribution in [0.25, 0.3) is 16.3 Å². The Labute approximate surface area is 152 Å². The van der Waals surface area contributed by atoms with Crippen LogP contribution in [0.5, 0.6) is 0 Å². The zero-order valence-electron chi connectivity index (χ0n) is 14.4. The number of fused-ring (bicyclic) bond motifs is 1. The molecule has 2 N–H and O–H groups in total. The zero-order valence-corrected chi connectivity index (χ0v) is 15.2. The van der Waals surface area contributed by atoms with E-state index in [1.807, 2.05) is 24.3 Å². The van der Waals surface area contributed by atoms with Crippen molar-refractivity contribution in [3.63, 3.8) is 0 Å². The van der Waals surface area contributed by atoms with Crippen LogP contribution in [-0.2, 0) is 4.79 Å². The number of aliphatic hydroxyl groups excluding tert-OH is 1. The third-order valence-corrected chi connectivity index (χ3v) is 5.37. The number of nitrogens with zero attached hydrogens (tertiary/aromatic N) is 2. The SMILES string of the molecule is O=C(/C=C/c1nc2ccccc2s1)NCC(O)CN1CCCCCC1. The predicted molar refractivity (Wildman–Crippen MR) is 103 cm³/mol. The highest BCUT2D eigenvalue weighted by molar-refractivity contribution is 7.19. The quantitative estimate of drug-likeness (QED) is 0.778. The van der Waals surface area contributed by atoms with Gasteiger partial charge in [-0.2, -0.15) is 0 Å². The zero-order chi connectivity index (χ0) is 17.5. The summed E-state index contributed by atoms with van der Waals surface area (Å²) >= 11 is 1.55. The molecule has 6 heteroatoms. The summed E-state index contributed by atoms with van der Waals surface area (Å²) in [5.41, 5.74) is 0.945. The van der Waals surface area contributed by atoms with Crippen LogP contribution in [0.2, 0.25) is 0 Å². The van der Waals surface area contributed by atoms with Crippen molar-refractivity contribution in [2.45, 2.75) is 31.8 Å². The van der Waals surface area contributed by atoms with Crippen molar-refractivity contribution in [2.75, 3.05) is 26.2 Å². The minimum atomic E-state index is -0.530. The van der Waals surface area contributed by atoms with Crippen molar-refractivity contribution >= 4 is 33.5 Å². The van der Waals surface area contributed by atoms with Crippen molar-refractivity contribution in [1.82, 2.24) is 15.2 Å². The molecule has 5 nitrogen and oxygen atoms in total. The largest absolute Gasteiger partial charge is 0.390 e. The maximum absolute atomic E-state index is 11.9. The minimum absolute atomic E-state index is 0.200. The van der Waals surface area contributed by atoms with Gasteiger partial charge >= 0.3 is 0 Å². The van der Waals surface area contributed by atoms with Gasteiger partial charge in [0, 0.05) is 19.2 Å². The normalized spacial score (nSPS) is 17.6. The number of likely N-dealkylation sites (tertiary alicyclic amines) is 1. The number of benzene rings is 1. The smallest absolute Gasteiger partial charge is 0.244 e. The first-order valence-corrected chi connectivity index (χ1v) is 9.74. The molecule has 0 bridgehead atoms. The van der Waals surface area contributed by atoms with Gasteiger partial charge in [-0.15, -0.1) is 11.3 Å². The van der Waals surface area contributed by atoms with Gasteiger partial charge in [-0.3, -0.25) is 4.79 Å². The lowest BCUT2D eigenvalue weighted by Gasteiger charge is -2.23. The molecule has 1 amide bonds. The molecule has 1 unspecified atom stereocenters. The Bertz CT molecular complexity index is 687. The van der Waals surface area contributed by atoms with Crippen LogP contribution in [0.15, 0.2) is 30.3 Å². The van der Waals surface area contributed by atoms with Gasteiger partial charge in [0.2, 0.25) is 5.91 Å². The molecule has 0 aliphatic carbocycles. The highest BCUT2D eigenvalue weighted by Crippen LogP contribution is 2.22. The van der Waals surface area contributed by atoms with E-state index in [0.717, 1.165) is 28.3 Å². The Morgan fingerprint density at radius 1 is 1.28 bits per heavy atom. The molecule has 2 heterocycles. The Morgan fingerprint density at radius 2 is 2.04 bits per heavy atom. The third-order valence-electron chi connectivity index (χ3n) is 4.37. The number of nitrogens with one attached hydrogen (secondary N) is 1. The van der Waals surface area contributed by atoms with Crippen LogP contribution in [0.1, 0.15) is 30.7 Å². The second kappa shape index (κ2) is 9.08. The predicted octanol–water partition coefficient (Wildman–Crippen LogP) is 2.66. The topological polar surface area (TPSA) is 65.5 Å². The molecule has 0 radical (unpaired) electrons. The number of rotatable bonds is 6. The number of carbonyl (C=O) groups is 1. The minimum Gasteiger partial charge on any atom is -0.390 e. The summed E-state index contributed by atoms with van der Waals surface area (Å²) in [6.45, 7) is 2.99. The molecular weight excluding hydrogens is 334 g/mol. The molecular formula is C19H25N3O2S. The maximum Gasteiger partial charge on any atom is 0.244 e. The molecule has 0 saturated carbocycles. The molecule has 1 saturated heterocycles. The summed E-state index contributed by atoms with van der Waals surface area (Å²) in [6, 6.07) is 7.91. The van der Waals surface area contributed by atoms with Crippen LogP contribution >= 0.6 is 11.3 Å². The van der Waals surface area contributed by atoms with Crippen molar-refractivity contribution < 1.29 is 9.90 Å². The lowest BCUT2D eigenvalue weighted by atomic mass is 10.2. The van der Waals surface area contributed by atoms with E-state index in [-0.39, 0.29) is 12.5 Å². The Kier molecular flexibility index (Phi) is 6.55. The van der Waals surface area contributed by atoms with Crippen molar-refractivity contribution in [3.8, 4) is 0 Å². The van der Waals surface area contributed by atoms with Crippen molar-refractivity contribution in [1.29, 1.82) is 0 Å². The van der Waals surface area contributed by atoms with E-state index < -0.39 is 6.10 Å². The van der Waals surface area contributed by atoms with Crippen LogP contribution in [0, 0.1) is 0 Å². The molecule has 3 rings (SSSR count). The molecule has 2 aromatic rings. The van der Waals surface area contributed by atoms with Crippen LogP contribution < -0.4 is 5.32 Å². The average molecular weight is 359 g/mol. The number of aromatic nitrogens is 1. The molecule has 1 aliphatic rings. The number of aliphatic hydroxyl groups is 1. The molecule has 0 spiro atoms. The lowest BCUT2D eigenvalue weighted by molar-refractivity contribution is -0.116. The molecule has 1 aromatic heterocycles.